The third kappa shape index (κ3) is 3.43. The van der Waals surface area contributed by atoms with Gasteiger partial charge in [-0.3, -0.25) is 15.1 Å². The second-order valence-electron chi connectivity index (χ2n) is 4.57. The molecule has 3 N–H and O–H groups in total. The Balaban J connectivity index is 2.56. The Labute approximate surface area is 97.3 Å². The predicted octanol–water partition coefficient (Wildman–Crippen LogP) is 0.112. The highest BCUT2D eigenvalue weighted by molar-refractivity contribution is 5.78. The number of rotatable bonds is 3. The van der Waals surface area contributed by atoms with Gasteiger partial charge in [-0.2, -0.15) is 0 Å². The second kappa shape index (κ2) is 6.18. The summed E-state index contributed by atoms with van der Waals surface area (Å²) in [6.45, 7) is 8.71. The lowest BCUT2D eigenvalue weighted by atomic mass is 10.0. The summed E-state index contributed by atoms with van der Waals surface area (Å²) in [4.78, 5) is 13.8. The van der Waals surface area contributed by atoms with Gasteiger partial charge in [0.25, 0.3) is 0 Å². The molecule has 0 aromatic carbocycles. The van der Waals surface area contributed by atoms with Gasteiger partial charge in [0.2, 0.25) is 5.91 Å². The number of carbonyl (C=O) groups excluding carboxylic acids is 1. The van der Waals surface area contributed by atoms with Crippen molar-refractivity contribution in [1.82, 2.24) is 10.3 Å². The standard InChI is InChI=1S/C11H23N3O2/c1-8-7-14(5-4-6-16-8)10(3)9(2)11(15)13-12/h8-10H,4-7,12H2,1-3H3,(H,13,15). The molecule has 1 fully saturated rings. The number of ether oxygens (including phenoxy) is 1. The zero-order chi connectivity index (χ0) is 12.1. The molecule has 0 radical (unpaired) electrons. The summed E-state index contributed by atoms with van der Waals surface area (Å²) < 4.78 is 5.58. The van der Waals surface area contributed by atoms with Crippen LogP contribution in [0.2, 0.25) is 0 Å². The molecule has 0 spiro atoms. The van der Waals surface area contributed by atoms with Crippen molar-refractivity contribution in [2.45, 2.75) is 39.3 Å². The SMILES string of the molecule is CC1CN(C(C)C(C)C(=O)NN)CCCO1. The first-order chi connectivity index (χ1) is 7.56. The summed E-state index contributed by atoms with van der Waals surface area (Å²) in [5, 5.41) is 0. The van der Waals surface area contributed by atoms with Gasteiger partial charge in [0, 0.05) is 25.7 Å². The summed E-state index contributed by atoms with van der Waals surface area (Å²) >= 11 is 0. The minimum atomic E-state index is -0.106. The highest BCUT2D eigenvalue weighted by Gasteiger charge is 2.27. The Hall–Kier alpha value is -0.650. The fourth-order valence-electron chi connectivity index (χ4n) is 2.06. The van der Waals surface area contributed by atoms with Crippen LogP contribution in [-0.2, 0) is 9.53 Å². The summed E-state index contributed by atoms with van der Waals surface area (Å²) in [6.07, 6.45) is 1.25. The lowest BCUT2D eigenvalue weighted by Gasteiger charge is -2.32. The smallest absolute Gasteiger partial charge is 0.238 e. The third-order valence-corrected chi connectivity index (χ3v) is 3.34. The molecule has 94 valence electrons. The van der Waals surface area contributed by atoms with E-state index >= 15 is 0 Å². The van der Waals surface area contributed by atoms with Crippen LogP contribution >= 0.6 is 0 Å². The Morgan fingerprint density at radius 3 is 2.88 bits per heavy atom. The molecule has 3 unspecified atom stereocenters. The van der Waals surface area contributed by atoms with Crippen molar-refractivity contribution in [2.75, 3.05) is 19.7 Å². The molecule has 1 aliphatic heterocycles. The summed E-state index contributed by atoms with van der Waals surface area (Å²) in [6, 6.07) is 0.188. The normalized spacial score (nSPS) is 26.9. The van der Waals surface area contributed by atoms with Gasteiger partial charge in [-0.25, -0.2) is 5.84 Å². The van der Waals surface area contributed by atoms with E-state index in [4.69, 9.17) is 10.6 Å². The Bertz CT molecular complexity index is 235. The molecule has 5 nitrogen and oxygen atoms in total. The fraction of sp³-hybridized carbons (Fsp3) is 0.909. The molecule has 0 aromatic heterocycles. The van der Waals surface area contributed by atoms with Crippen molar-refractivity contribution in [3.63, 3.8) is 0 Å². The predicted molar refractivity (Wildman–Crippen MR) is 62.6 cm³/mol. The molecular formula is C11H23N3O2. The molecular weight excluding hydrogens is 206 g/mol. The Morgan fingerprint density at radius 2 is 2.25 bits per heavy atom. The van der Waals surface area contributed by atoms with E-state index in [-0.39, 0.29) is 24.0 Å². The zero-order valence-electron chi connectivity index (χ0n) is 10.4. The lowest BCUT2D eigenvalue weighted by Crippen LogP contribution is -2.47. The summed E-state index contributed by atoms with van der Waals surface area (Å²) in [5.41, 5.74) is 2.21. The largest absolute Gasteiger partial charge is 0.377 e. The first-order valence-corrected chi connectivity index (χ1v) is 5.92. The van der Waals surface area contributed by atoms with E-state index in [0.29, 0.717) is 0 Å². The van der Waals surface area contributed by atoms with Crippen LogP contribution in [0.15, 0.2) is 0 Å². The van der Waals surface area contributed by atoms with Crippen LogP contribution < -0.4 is 11.3 Å². The van der Waals surface area contributed by atoms with Gasteiger partial charge in [0.05, 0.1) is 12.0 Å². The minimum Gasteiger partial charge on any atom is -0.377 e. The van der Waals surface area contributed by atoms with Crippen LogP contribution in [0.1, 0.15) is 27.2 Å². The molecule has 1 saturated heterocycles. The molecule has 1 aliphatic rings. The second-order valence-corrected chi connectivity index (χ2v) is 4.57. The van der Waals surface area contributed by atoms with Crippen molar-refractivity contribution < 1.29 is 9.53 Å². The van der Waals surface area contributed by atoms with Crippen LogP contribution in [0.5, 0.6) is 0 Å². The van der Waals surface area contributed by atoms with Crippen LogP contribution in [0.25, 0.3) is 0 Å². The number of nitrogens with two attached hydrogens (primary N) is 1. The van der Waals surface area contributed by atoms with E-state index in [0.717, 1.165) is 26.1 Å². The van der Waals surface area contributed by atoms with Gasteiger partial charge in [0.15, 0.2) is 0 Å². The molecule has 0 aliphatic carbocycles. The number of hydrazine groups is 1. The van der Waals surface area contributed by atoms with E-state index in [2.05, 4.69) is 24.2 Å². The molecule has 1 heterocycles. The summed E-state index contributed by atoms with van der Waals surface area (Å²) in [5.74, 6) is 4.95. The first kappa shape index (κ1) is 13.4. The number of carbonyl (C=O) groups is 1. The number of hydrogen-bond acceptors (Lipinski definition) is 4. The van der Waals surface area contributed by atoms with E-state index in [9.17, 15) is 4.79 Å². The minimum absolute atomic E-state index is 0.102. The quantitative estimate of drug-likeness (QED) is 0.409. The molecule has 3 atom stereocenters. The maximum absolute atomic E-state index is 11.5. The van der Waals surface area contributed by atoms with Crippen molar-refractivity contribution in [3.05, 3.63) is 0 Å². The number of nitrogens with zero attached hydrogens (tertiary/aromatic N) is 1. The zero-order valence-corrected chi connectivity index (χ0v) is 10.4. The van der Waals surface area contributed by atoms with Crippen molar-refractivity contribution in [1.29, 1.82) is 0 Å². The van der Waals surface area contributed by atoms with Gasteiger partial charge in [-0.1, -0.05) is 6.92 Å². The number of amides is 1. The first-order valence-electron chi connectivity index (χ1n) is 5.92. The molecule has 1 amide bonds. The van der Waals surface area contributed by atoms with Crippen molar-refractivity contribution in [2.24, 2.45) is 11.8 Å². The highest BCUT2D eigenvalue weighted by Crippen LogP contribution is 2.15. The van der Waals surface area contributed by atoms with Crippen molar-refractivity contribution >= 4 is 5.91 Å². The van der Waals surface area contributed by atoms with Crippen molar-refractivity contribution in [3.8, 4) is 0 Å². The lowest BCUT2D eigenvalue weighted by molar-refractivity contribution is -0.126. The third-order valence-electron chi connectivity index (χ3n) is 3.34. The molecule has 0 aromatic rings. The monoisotopic (exact) mass is 229 g/mol. The fourth-order valence-corrected chi connectivity index (χ4v) is 2.06. The average molecular weight is 229 g/mol. The maximum atomic E-state index is 11.5. The van der Waals surface area contributed by atoms with Gasteiger partial charge in [-0.05, 0) is 20.3 Å². The molecule has 16 heavy (non-hydrogen) atoms. The van der Waals surface area contributed by atoms with Crippen LogP contribution in [0.4, 0.5) is 0 Å². The van der Waals surface area contributed by atoms with Crippen LogP contribution in [0, 0.1) is 5.92 Å². The van der Waals surface area contributed by atoms with E-state index in [1.807, 2.05) is 6.92 Å². The number of hydrogen-bond donors (Lipinski definition) is 2. The molecule has 1 rings (SSSR count). The van der Waals surface area contributed by atoms with Gasteiger partial charge in [0.1, 0.15) is 0 Å². The Morgan fingerprint density at radius 1 is 1.56 bits per heavy atom. The topological polar surface area (TPSA) is 67.6 Å². The van der Waals surface area contributed by atoms with Gasteiger partial charge in [-0.15, -0.1) is 0 Å². The molecule has 0 saturated carbocycles. The summed E-state index contributed by atoms with van der Waals surface area (Å²) in [7, 11) is 0. The van der Waals surface area contributed by atoms with Crippen LogP contribution in [0.3, 0.4) is 0 Å². The van der Waals surface area contributed by atoms with Crippen LogP contribution in [-0.4, -0.2) is 42.6 Å². The van der Waals surface area contributed by atoms with Gasteiger partial charge >= 0.3 is 0 Å². The van der Waals surface area contributed by atoms with E-state index in [1.165, 1.54) is 0 Å². The van der Waals surface area contributed by atoms with E-state index in [1.54, 1.807) is 0 Å². The highest BCUT2D eigenvalue weighted by atomic mass is 16.5. The molecule has 0 bridgehead atoms. The maximum Gasteiger partial charge on any atom is 0.238 e. The number of nitrogens with one attached hydrogen (secondary N) is 1. The van der Waals surface area contributed by atoms with Gasteiger partial charge < -0.3 is 4.74 Å². The average Bonchev–Trinajstić information content (AvgIpc) is 2.50. The van der Waals surface area contributed by atoms with E-state index < -0.39 is 0 Å². The Kier molecular flexibility index (Phi) is 5.18. The molecule has 5 heteroatoms.